The molecule has 0 aromatic heterocycles. The summed E-state index contributed by atoms with van der Waals surface area (Å²) in [6.45, 7) is 0.588. The molecule has 0 saturated carbocycles. The third-order valence-corrected chi connectivity index (χ3v) is 4.27. The average molecular weight is 305 g/mol. The number of unbranched alkanes of at least 4 members (excludes halogenated alkanes) is 1. The van der Waals surface area contributed by atoms with Crippen LogP contribution >= 0.6 is 25.3 Å². The van der Waals surface area contributed by atoms with E-state index in [0.29, 0.717) is 24.6 Å². The van der Waals surface area contributed by atoms with Gasteiger partial charge < -0.3 is 10.0 Å². The highest BCUT2D eigenvalue weighted by molar-refractivity contribution is 7.81. The van der Waals surface area contributed by atoms with E-state index in [1.54, 1.807) is 0 Å². The fourth-order valence-corrected chi connectivity index (χ4v) is 3.24. The topological polar surface area (TPSA) is 57.6 Å². The summed E-state index contributed by atoms with van der Waals surface area (Å²) >= 11 is 8.60. The van der Waals surface area contributed by atoms with Gasteiger partial charge in [0, 0.05) is 18.2 Å². The predicted octanol–water partition coefficient (Wildman–Crippen LogP) is 2.24. The molecule has 0 aromatic rings. The van der Waals surface area contributed by atoms with E-state index in [9.17, 15) is 9.59 Å². The SMILES string of the molecule is O=C(O)C1CCCN1C(=O)CCCCC(S)CCS. The van der Waals surface area contributed by atoms with Crippen LogP contribution in [0.2, 0.25) is 0 Å². The number of carboxylic acid groups (broad SMARTS) is 1. The van der Waals surface area contributed by atoms with Crippen molar-refractivity contribution < 1.29 is 14.7 Å². The Hall–Kier alpha value is -0.360. The Morgan fingerprint density at radius 3 is 2.68 bits per heavy atom. The van der Waals surface area contributed by atoms with Crippen LogP contribution in [0.4, 0.5) is 0 Å². The number of carboxylic acids is 1. The number of amides is 1. The molecule has 19 heavy (non-hydrogen) atoms. The lowest BCUT2D eigenvalue weighted by atomic mass is 10.1. The lowest BCUT2D eigenvalue weighted by Gasteiger charge is -2.21. The van der Waals surface area contributed by atoms with Gasteiger partial charge in [0.15, 0.2) is 0 Å². The summed E-state index contributed by atoms with van der Waals surface area (Å²) in [5.41, 5.74) is 0. The first-order valence-corrected chi connectivity index (χ1v) is 8.02. The molecular formula is C13H23NO3S2. The second kappa shape index (κ2) is 8.74. The van der Waals surface area contributed by atoms with Gasteiger partial charge in [-0.3, -0.25) is 4.79 Å². The first-order chi connectivity index (χ1) is 9.06. The van der Waals surface area contributed by atoms with Gasteiger partial charge in [0.25, 0.3) is 0 Å². The number of hydrogen-bond acceptors (Lipinski definition) is 4. The van der Waals surface area contributed by atoms with E-state index in [0.717, 1.165) is 37.9 Å². The standard InChI is InChI=1S/C13H23NO3S2/c15-12(6-2-1-4-10(19)7-9-18)14-8-3-5-11(14)13(16)17/h10-11,18-19H,1-9H2,(H,16,17). The maximum absolute atomic E-state index is 12.0. The normalized spacial score (nSPS) is 20.5. The first kappa shape index (κ1) is 16.7. The molecule has 0 bridgehead atoms. The number of carbonyl (C=O) groups is 2. The van der Waals surface area contributed by atoms with E-state index in [1.165, 1.54) is 4.90 Å². The summed E-state index contributed by atoms with van der Waals surface area (Å²) in [6, 6.07) is -0.602. The van der Waals surface area contributed by atoms with Crippen LogP contribution < -0.4 is 0 Å². The van der Waals surface area contributed by atoms with Crippen molar-refractivity contribution in [3.63, 3.8) is 0 Å². The molecule has 6 heteroatoms. The van der Waals surface area contributed by atoms with Crippen LogP contribution in [-0.4, -0.2) is 45.5 Å². The van der Waals surface area contributed by atoms with Gasteiger partial charge in [0.2, 0.25) is 5.91 Å². The van der Waals surface area contributed by atoms with E-state index in [2.05, 4.69) is 25.3 Å². The van der Waals surface area contributed by atoms with Crippen LogP contribution in [0.5, 0.6) is 0 Å². The summed E-state index contributed by atoms with van der Waals surface area (Å²) < 4.78 is 0. The van der Waals surface area contributed by atoms with Crippen LogP contribution in [0.1, 0.15) is 44.9 Å². The van der Waals surface area contributed by atoms with Crippen LogP contribution in [0, 0.1) is 0 Å². The Bertz CT molecular complexity index is 312. The van der Waals surface area contributed by atoms with Crippen molar-refractivity contribution in [2.24, 2.45) is 0 Å². The Labute approximate surface area is 125 Å². The molecule has 1 aliphatic rings. The third-order valence-electron chi connectivity index (χ3n) is 3.50. The molecule has 4 nitrogen and oxygen atoms in total. The minimum absolute atomic E-state index is 0.0187. The number of hydrogen-bond donors (Lipinski definition) is 3. The van der Waals surface area contributed by atoms with E-state index >= 15 is 0 Å². The van der Waals surface area contributed by atoms with Crippen LogP contribution in [0.3, 0.4) is 0 Å². The van der Waals surface area contributed by atoms with Gasteiger partial charge in [0.1, 0.15) is 6.04 Å². The molecule has 0 radical (unpaired) electrons. The molecule has 1 N–H and O–H groups in total. The second-order valence-electron chi connectivity index (χ2n) is 5.00. The van der Waals surface area contributed by atoms with Gasteiger partial charge in [-0.2, -0.15) is 25.3 Å². The van der Waals surface area contributed by atoms with E-state index < -0.39 is 12.0 Å². The summed E-state index contributed by atoms with van der Waals surface area (Å²) in [4.78, 5) is 24.5. The molecule has 2 unspecified atom stereocenters. The van der Waals surface area contributed by atoms with Gasteiger partial charge >= 0.3 is 5.97 Å². The Morgan fingerprint density at radius 1 is 1.32 bits per heavy atom. The van der Waals surface area contributed by atoms with Crippen molar-refractivity contribution >= 4 is 37.1 Å². The van der Waals surface area contributed by atoms with Crippen LogP contribution in [0.15, 0.2) is 0 Å². The Kier molecular flexibility index (Phi) is 7.68. The van der Waals surface area contributed by atoms with Gasteiger partial charge in [-0.15, -0.1) is 0 Å². The molecule has 1 heterocycles. The molecule has 110 valence electrons. The van der Waals surface area contributed by atoms with E-state index in [1.807, 2.05) is 0 Å². The largest absolute Gasteiger partial charge is 0.480 e. The molecule has 1 saturated heterocycles. The molecule has 1 fully saturated rings. The van der Waals surface area contributed by atoms with Crippen molar-refractivity contribution in [1.29, 1.82) is 0 Å². The van der Waals surface area contributed by atoms with Crippen molar-refractivity contribution in [2.75, 3.05) is 12.3 Å². The highest BCUT2D eigenvalue weighted by atomic mass is 32.1. The minimum atomic E-state index is -0.880. The maximum atomic E-state index is 12.0. The second-order valence-corrected chi connectivity index (χ2v) is 6.17. The zero-order valence-corrected chi connectivity index (χ0v) is 12.9. The number of likely N-dealkylation sites (tertiary alicyclic amines) is 1. The number of nitrogens with zero attached hydrogens (tertiary/aromatic N) is 1. The molecule has 0 aliphatic carbocycles. The fraction of sp³-hybridized carbons (Fsp3) is 0.846. The quantitative estimate of drug-likeness (QED) is 0.476. The zero-order valence-electron chi connectivity index (χ0n) is 11.1. The smallest absolute Gasteiger partial charge is 0.326 e. The van der Waals surface area contributed by atoms with Crippen molar-refractivity contribution in [3.05, 3.63) is 0 Å². The number of carbonyl (C=O) groups excluding carboxylic acids is 1. The fourth-order valence-electron chi connectivity index (χ4n) is 2.42. The zero-order chi connectivity index (χ0) is 14.3. The van der Waals surface area contributed by atoms with Crippen molar-refractivity contribution in [2.45, 2.75) is 56.2 Å². The lowest BCUT2D eigenvalue weighted by Crippen LogP contribution is -2.40. The minimum Gasteiger partial charge on any atom is -0.480 e. The van der Waals surface area contributed by atoms with E-state index in [4.69, 9.17) is 5.11 Å². The predicted molar refractivity (Wildman–Crippen MR) is 82.1 cm³/mol. The summed E-state index contributed by atoms with van der Waals surface area (Å²) in [5, 5.41) is 9.38. The number of aliphatic carboxylic acids is 1. The monoisotopic (exact) mass is 305 g/mol. The average Bonchev–Trinajstić information content (AvgIpc) is 2.84. The van der Waals surface area contributed by atoms with Gasteiger partial charge in [0.05, 0.1) is 0 Å². The van der Waals surface area contributed by atoms with Gasteiger partial charge in [-0.1, -0.05) is 6.42 Å². The first-order valence-electron chi connectivity index (χ1n) is 6.87. The molecule has 0 aromatic carbocycles. The summed E-state index contributed by atoms with van der Waals surface area (Å²) in [7, 11) is 0. The molecule has 1 aliphatic heterocycles. The summed E-state index contributed by atoms with van der Waals surface area (Å²) in [6.07, 6.45) is 5.56. The molecule has 2 atom stereocenters. The lowest BCUT2D eigenvalue weighted by molar-refractivity contribution is -0.148. The highest BCUT2D eigenvalue weighted by Crippen LogP contribution is 2.20. The van der Waals surface area contributed by atoms with Crippen LogP contribution in [0.25, 0.3) is 0 Å². The molecule has 1 rings (SSSR count). The Morgan fingerprint density at radius 2 is 2.05 bits per heavy atom. The highest BCUT2D eigenvalue weighted by Gasteiger charge is 2.33. The van der Waals surface area contributed by atoms with Crippen LogP contribution in [-0.2, 0) is 9.59 Å². The van der Waals surface area contributed by atoms with Crippen molar-refractivity contribution in [3.8, 4) is 0 Å². The van der Waals surface area contributed by atoms with Crippen molar-refractivity contribution in [1.82, 2.24) is 4.90 Å². The third kappa shape index (κ3) is 5.65. The van der Waals surface area contributed by atoms with Gasteiger partial charge in [-0.25, -0.2) is 4.79 Å². The number of rotatable bonds is 8. The maximum Gasteiger partial charge on any atom is 0.326 e. The molecular weight excluding hydrogens is 282 g/mol. The van der Waals surface area contributed by atoms with E-state index in [-0.39, 0.29) is 5.91 Å². The molecule has 0 spiro atoms. The number of thiol groups is 2. The van der Waals surface area contributed by atoms with Gasteiger partial charge in [-0.05, 0) is 37.9 Å². The summed E-state index contributed by atoms with van der Waals surface area (Å²) in [5.74, 6) is -0.0638. The Balaban J connectivity index is 2.22. The molecule has 1 amide bonds.